The molecule has 1 aliphatic heterocycles. The van der Waals surface area contributed by atoms with Crippen LogP contribution in [0.4, 0.5) is 5.69 Å². The van der Waals surface area contributed by atoms with Crippen molar-refractivity contribution in [3.63, 3.8) is 0 Å². The highest BCUT2D eigenvalue weighted by Gasteiger charge is 2.18. The number of amides is 1. The predicted octanol–water partition coefficient (Wildman–Crippen LogP) is 2.61. The van der Waals surface area contributed by atoms with Gasteiger partial charge in [-0.25, -0.2) is 9.78 Å². The Hall–Kier alpha value is -3.25. The molecule has 0 bridgehead atoms. The van der Waals surface area contributed by atoms with Crippen molar-refractivity contribution in [3.8, 4) is 17.6 Å². The Kier molecular flexibility index (Phi) is 5.78. The average Bonchev–Trinajstić information content (AvgIpc) is 3.14. The largest absolute Gasteiger partial charge is 0.454 e. The number of thioether (sulfide) groups is 1. The van der Waals surface area contributed by atoms with E-state index in [4.69, 9.17) is 19.5 Å². The maximum absolute atomic E-state index is 12.2. The van der Waals surface area contributed by atoms with E-state index >= 15 is 0 Å². The van der Waals surface area contributed by atoms with Gasteiger partial charge in [0.2, 0.25) is 12.7 Å². The lowest BCUT2D eigenvalue weighted by atomic mass is 10.3. The summed E-state index contributed by atoms with van der Waals surface area (Å²) in [6, 6.07) is 10.1. The molecule has 27 heavy (non-hydrogen) atoms. The number of benzene rings is 1. The number of carbonyl (C=O) groups excluding carboxylic acids is 2. The van der Waals surface area contributed by atoms with E-state index < -0.39 is 12.1 Å². The molecule has 1 aromatic heterocycles. The third-order valence-electron chi connectivity index (χ3n) is 3.45. The van der Waals surface area contributed by atoms with Crippen LogP contribution in [-0.4, -0.2) is 35.5 Å². The first-order valence-electron chi connectivity index (χ1n) is 7.94. The van der Waals surface area contributed by atoms with Crippen molar-refractivity contribution in [2.24, 2.45) is 0 Å². The summed E-state index contributed by atoms with van der Waals surface area (Å²) < 4.78 is 15.5. The Morgan fingerprint density at radius 2 is 2.19 bits per heavy atom. The van der Waals surface area contributed by atoms with Crippen molar-refractivity contribution < 1.29 is 23.8 Å². The van der Waals surface area contributed by atoms with Gasteiger partial charge in [0.1, 0.15) is 11.1 Å². The molecule has 0 spiro atoms. The Labute approximate surface area is 159 Å². The zero-order valence-electron chi connectivity index (χ0n) is 14.3. The van der Waals surface area contributed by atoms with Gasteiger partial charge in [-0.15, -0.1) is 0 Å². The number of pyridine rings is 1. The summed E-state index contributed by atoms with van der Waals surface area (Å²) in [5, 5.41) is 11.9. The van der Waals surface area contributed by atoms with Gasteiger partial charge < -0.3 is 19.5 Å². The van der Waals surface area contributed by atoms with Crippen LogP contribution in [0.1, 0.15) is 17.3 Å². The van der Waals surface area contributed by atoms with Gasteiger partial charge in [-0.05, 0) is 31.2 Å². The van der Waals surface area contributed by atoms with Crippen LogP contribution in [0.25, 0.3) is 0 Å². The number of hydrogen-bond donors (Lipinski definition) is 1. The molecule has 9 heteroatoms. The molecule has 2 aromatic rings. The maximum Gasteiger partial charge on any atom is 0.342 e. The van der Waals surface area contributed by atoms with Crippen molar-refractivity contribution in [3.05, 3.63) is 42.1 Å². The van der Waals surface area contributed by atoms with Gasteiger partial charge in [-0.3, -0.25) is 4.79 Å². The number of hydrogen-bond acceptors (Lipinski definition) is 8. The van der Waals surface area contributed by atoms with Crippen molar-refractivity contribution in [1.29, 1.82) is 5.26 Å². The van der Waals surface area contributed by atoms with Crippen molar-refractivity contribution >= 4 is 29.3 Å². The van der Waals surface area contributed by atoms with Crippen LogP contribution in [-0.2, 0) is 9.53 Å². The quantitative estimate of drug-likeness (QED) is 0.597. The molecule has 0 aliphatic carbocycles. The lowest BCUT2D eigenvalue weighted by molar-refractivity contribution is -0.113. The van der Waals surface area contributed by atoms with Crippen LogP contribution in [0.2, 0.25) is 0 Å². The summed E-state index contributed by atoms with van der Waals surface area (Å²) in [6.45, 7) is 1.63. The minimum atomic E-state index is -0.870. The molecule has 1 N–H and O–H groups in total. The van der Waals surface area contributed by atoms with E-state index in [1.54, 1.807) is 24.3 Å². The number of anilines is 1. The number of nitriles is 1. The van der Waals surface area contributed by atoms with E-state index in [1.807, 2.05) is 6.07 Å². The summed E-state index contributed by atoms with van der Waals surface area (Å²) in [7, 11) is 0. The molecule has 1 amide bonds. The zero-order valence-corrected chi connectivity index (χ0v) is 15.1. The highest BCUT2D eigenvalue weighted by Crippen LogP contribution is 2.34. The number of nitrogens with zero attached hydrogens (tertiary/aromatic N) is 2. The highest BCUT2D eigenvalue weighted by atomic mass is 32.2. The van der Waals surface area contributed by atoms with Gasteiger partial charge in [0.05, 0.1) is 11.3 Å². The van der Waals surface area contributed by atoms with Crippen LogP contribution in [0.3, 0.4) is 0 Å². The Morgan fingerprint density at radius 1 is 1.37 bits per heavy atom. The number of nitrogens with one attached hydrogen (secondary N) is 1. The Morgan fingerprint density at radius 3 is 3.00 bits per heavy atom. The van der Waals surface area contributed by atoms with Crippen LogP contribution in [0.5, 0.6) is 11.5 Å². The summed E-state index contributed by atoms with van der Waals surface area (Å²) in [6.07, 6.45) is 0.646. The third kappa shape index (κ3) is 4.68. The zero-order chi connectivity index (χ0) is 19.2. The molecule has 1 aliphatic rings. The van der Waals surface area contributed by atoms with Crippen molar-refractivity contribution in [2.45, 2.75) is 18.1 Å². The van der Waals surface area contributed by atoms with Crippen LogP contribution in [0.15, 0.2) is 41.6 Å². The van der Waals surface area contributed by atoms with Crippen molar-refractivity contribution in [2.75, 3.05) is 17.9 Å². The number of fused-ring (bicyclic) bond motifs is 1. The molecular formula is C18H15N3O5S. The number of aromatic nitrogens is 1. The molecule has 1 aromatic carbocycles. The minimum Gasteiger partial charge on any atom is -0.454 e. The van der Waals surface area contributed by atoms with Gasteiger partial charge >= 0.3 is 5.97 Å². The normalized spacial score (nSPS) is 12.7. The second-order valence-corrected chi connectivity index (χ2v) is 6.40. The number of rotatable bonds is 6. The van der Waals surface area contributed by atoms with E-state index in [-0.39, 0.29) is 24.0 Å². The highest BCUT2D eigenvalue weighted by molar-refractivity contribution is 8.00. The van der Waals surface area contributed by atoms with E-state index in [0.717, 1.165) is 11.8 Å². The lowest BCUT2D eigenvalue weighted by Crippen LogP contribution is -2.16. The standard InChI is InChI=1S/C18H15N3O5S/c1-11(8-19)26-18(23)13-3-2-6-20-17(13)27-9-16(22)21-12-4-5-14-15(7-12)25-10-24-14/h2-7,11H,9-10H2,1H3,(H,21,22)/t11-/m0/s1. The molecule has 8 nitrogen and oxygen atoms in total. The number of esters is 1. The van der Waals surface area contributed by atoms with Gasteiger partial charge in [-0.2, -0.15) is 5.26 Å². The molecule has 0 fully saturated rings. The van der Waals surface area contributed by atoms with Crippen LogP contribution in [0, 0.1) is 11.3 Å². The van der Waals surface area contributed by atoms with Gasteiger partial charge in [-0.1, -0.05) is 11.8 Å². The monoisotopic (exact) mass is 385 g/mol. The number of carbonyl (C=O) groups is 2. The molecular weight excluding hydrogens is 370 g/mol. The second kappa shape index (κ2) is 8.42. The van der Waals surface area contributed by atoms with E-state index in [0.29, 0.717) is 22.2 Å². The van der Waals surface area contributed by atoms with Crippen LogP contribution >= 0.6 is 11.8 Å². The molecule has 138 valence electrons. The summed E-state index contributed by atoms with van der Waals surface area (Å²) in [5.41, 5.74) is 0.786. The van der Waals surface area contributed by atoms with Crippen molar-refractivity contribution in [1.82, 2.24) is 4.98 Å². The van der Waals surface area contributed by atoms with Gasteiger partial charge in [0.25, 0.3) is 0 Å². The fraction of sp³-hybridized carbons (Fsp3) is 0.222. The molecule has 0 saturated heterocycles. The van der Waals surface area contributed by atoms with E-state index in [2.05, 4.69) is 10.3 Å². The Balaban J connectivity index is 1.60. The fourth-order valence-electron chi connectivity index (χ4n) is 2.22. The first kappa shape index (κ1) is 18.5. The summed E-state index contributed by atoms with van der Waals surface area (Å²) >= 11 is 1.10. The third-order valence-corrected chi connectivity index (χ3v) is 4.46. The SMILES string of the molecule is C[C@@H](C#N)OC(=O)c1cccnc1SCC(=O)Nc1ccc2c(c1)OCO2. The summed E-state index contributed by atoms with van der Waals surface area (Å²) in [5.74, 6) is 0.317. The topological polar surface area (TPSA) is 111 Å². The smallest absolute Gasteiger partial charge is 0.342 e. The first-order chi connectivity index (χ1) is 13.1. The molecule has 0 unspecified atom stereocenters. The van der Waals surface area contributed by atoms with E-state index in [9.17, 15) is 9.59 Å². The average molecular weight is 385 g/mol. The number of ether oxygens (including phenoxy) is 3. The molecule has 1 atom stereocenters. The molecule has 0 radical (unpaired) electrons. The van der Waals surface area contributed by atoms with Crippen LogP contribution < -0.4 is 14.8 Å². The Bertz CT molecular complexity index is 912. The maximum atomic E-state index is 12.2. The predicted molar refractivity (Wildman–Crippen MR) is 96.6 cm³/mol. The second-order valence-electron chi connectivity index (χ2n) is 5.44. The summed E-state index contributed by atoms with van der Waals surface area (Å²) in [4.78, 5) is 28.4. The van der Waals surface area contributed by atoms with Gasteiger partial charge in [0.15, 0.2) is 17.6 Å². The lowest BCUT2D eigenvalue weighted by Gasteiger charge is -2.10. The van der Waals surface area contributed by atoms with E-state index in [1.165, 1.54) is 19.2 Å². The first-order valence-corrected chi connectivity index (χ1v) is 8.93. The molecule has 3 rings (SSSR count). The minimum absolute atomic E-state index is 0.0412. The fourth-order valence-corrected chi connectivity index (χ4v) is 3.00. The molecule has 2 heterocycles. The van der Waals surface area contributed by atoms with Gasteiger partial charge in [0, 0.05) is 18.0 Å². The molecule has 0 saturated carbocycles.